The molecular weight excluding hydrogens is 342 g/mol. The van der Waals surface area contributed by atoms with Crippen LogP contribution in [0.3, 0.4) is 0 Å². The Morgan fingerprint density at radius 2 is 1.92 bits per heavy atom. The Bertz CT molecular complexity index is 732. The van der Waals surface area contributed by atoms with Gasteiger partial charge in [0.25, 0.3) is 0 Å². The molecule has 0 unspecified atom stereocenters. The van der Waals surface area contributed by atoms with Gasteiger partial charge < -0.3 is 10.6 Å². The number of nitrogens with zero attached hydrogens (tertiary/aromatic N) is 1. The van der Waals surface area contributed by atoms with Crippen molar-refractivity contribution in [1.29, 1.82) is 0 Å². The molecule has 0 fully saturated rings. The van der Waals surface area contributed by atoms with E-state index in [0.29, 0.717) is 5.41 Å². The summed E-state index contributed by atoms with van der Waals surface area (Å²) in [5, 5.41) is 7.83. The maximum atomic E-state index is 6.49. The summed E-state index contributed by atoms with van der Waals surface area (Å²) >= 11 is 6.49. The Balaban J connectivity index is 1.66. The standard InChI is InChI=1S/C22H30ClN3/c1-22(2,3)11-8-18-6-4-16(14-25-18)15-26-21-19-10-13-24-12-9-17(19)5-7-20(21)23/h4-7,14,24,26H,8-13,15H2,1-3H3. The molecule has 3 nitrogen and oxygen atoms in total. The molecule has 4 heteroatoms. The molecule has 26 heavy (non-hydrogen) atoms. The van der Waals surface area contributed by atoms with Gasteiger partial charge in [-0.25, -0.2) is 0 Å². The van der Waals surface area contributed by atoms with Crippen molar-refractivity contribution in [3.8, 4) is 0 Å². The van der Waals surface area contributed by atoms with Crippen LogP contribution in [-0.4, -0.2) is 18.1 Å². The van der Waals surface area contributed by atoms with E-state index in [9.17, 15) is 0 Å². The van der Waals surface area contributed by atoms with E-state index in [2.05, 4.69) is 54.6 Å². The zero-order chi connectivity index (χ0) is 18.6. The van der Waals surface area contributed by atoms with E-state index in [0.717, 1.165) is 56.0 Å². The lowest BCUT2D eigenvalue weighted by Gasteiger charge is -2.18. The second-order valence-electron chi connectivity index (χ2n) is 8.38. The highest BCUT2D eigenvalue weighted by molar-refractivity contribution is 6.33. The Labute approximate surface area is 162 Å². The molecular formula is C22H30ClN3. The first kappa shape index (κ1) is 19.2. The minimum Gasteiger partial charge on any atom is -0.379 e. The van der Waals surface area contributed by atoms with E-state index in [1.165, 1.54) is 22.4 Å². The van der Waals surface area contributed by atoms with Crippen molar-refractivity contribution in [2.45, 2.75) is 53.0 Å². The highest BCUT2D eigenvalue weighted by atomic mass is 35.5. The first-order valence-corrected chi connectivity index (χ1v) is 9.99. The highest BCUT2D eigenvalue weighted by Crippen LogP contribution is 2.31. The monoisotopic (exact) mass is 371 g/mol. The summed E-state index contributed by atoms with van der Waals surface area (Å²) in [4.78, 5) is 4.64. The third-order valence-electron chi connectivity index (χ3n) is 4.97. The SMILES string of the molecule is CC(C)(C)CCc1ccc(CNc2c(Cl)ccc3c2CCNCC3)cn1. The summed E-state index contributed by atoms with van der Waals surface area (Å²) in [6.07, 6.45) is 6.25. The minimum absolute atomic E-state index is 0.346. The maximum absolute atomic E-state index is 6.49. The summed E-state index contributed by atoms with van der Waals surface area (Å²) < 4.78 is 0. The molecule has 0 saturated carbocycles. The highest BCUT2D eigenvalue weighted by Gasteiger charge is 2.15. The second-order valence-corrected chi connectivity index (χ2v) is 8.79. The molecule has 0 spiro atoms. The van der Waals surface area contributed by atoms with Gasteiger partial charge in [0.15, 0.2) is 0 Å². The van der Waals surface area contributed by atoms with Gasteiger partial charge >= 0.3 is 0 Å². The maximum Gasteiger partial charge on any atom is 0.0640 e. The summed E-state index contributed by atoms with van der Waals surface area (Å²) in [5.74, 6) is 0. The predicted octanol–water partition coefficient (Wildman–Crippen LogP) is 5.01. The van der Waals surface area contributed by atoms with Crippen LogP contribution in [0.15, 0.2) is 30.5 Å². The van der Waals surface area contributed by atoms with Crippen molar-refractivity contribution in [3.05, 3.63) is 57.9 Å². The smallest absolute Gasteiger partial charge is 0.0640 e. The Kier molecular flexibility index (Phi) is 6.20. The molecule has 3 rings (SSSR count). The van der Waals surface area contributed by atoms with Gasteiger partial charge in [-0.1, -0.05) is 44.5 Å². The normalized spacial score (nSPS) is 14.6. The Morgan fingerprint density at radius 1 is 1.12 bits per heavy atom. The lowest BCUT2D eigenvalue weighted by molar-refractivity contribution is 0.376. The molecule has 2 heterocycles. The van der Waals surface area contributed by atoms with Crippen LogP contribution in [0.25, 0.3) is 0 Å². The van der Waals surface area contributed by atoms with Crippen LogP contribution in [0.1, 0.15) is 49.6 Å². The molecule has 1 aliphatic heterocycles. The molecule has 2 aromatic rings. The largest absolute Gasteiger partial charge is 0.379 e. The number of aryl methyl sites for hydroxylation is 1. The van der Waals surface area contributed by atoms with Crippen LogP contribution in [-0.2, 0) is 25.8 Å². The van der Waals surface area contributed by atoms with Crippen molar-refractivity contribution >= 4 is 17.3 Å². The molecule has 1 aromatic carbocycles. The lowest BCUT2D eigenvalue weighted by atomic mass is 9.90. The van der Waals surface area contributed by atoms with Gasteiger partial charge in [-0.3, -0.25) is 4.98 Å². The molecule has 2 N–H and O–H groups in total. The van der Waals surface area contributed by atoms with Gasteiger partial charge in [0.05, 0.1) is 10.7 Å². The molecule has 140 valence electrons. The number of halogens is 1. The van der Waals surface area contributed by atoms with Crippen molar-refractivity contribution < 1.29 is 0 Å². The number of anilines is 1. The molecule has 0 aliphatic carbocycles. The molecule has 1 aliphatic rings. The van der Waals surface area contributed by atoms with Crippen LogP contribution < -0.4 is 10.6 Å². The number of hydrogen-bond acceptors (Lipinski definition) is 3. The molecule has 0 saturated heterocycles. The predicted molar refractivity (Wildman–Crippen MR) is 111 cm³/mol. The molecule has 0 atom stereocenters. The van der Waals surface area contributed by atoms with E-state index in [1.807, 2.05) is 12.3 Å². The number of hydrogen-bond donors (Lipinski definition) is 2. The average Bonchev–Trinajstić information content (AvgIpc) is 2.85. The average molecular weight is 372 g/mol. The first-order valence-electron chi connectivity index (χ1n) is 9.61. The van der Waals surface area contributed by atoms with Gasteiger partial charge in [-0.2, -0.15) is 0 Å². The fraction of sp³-hybridized carbons (Fsp3) is 0.500. The van der Waals surface area contributed by atoms with Crippen LogP contribution >= 0.6 is 11.6 Å². The third-order valence-corrected chi connectivity index (χ3v) is 5.28. The fourth-order valence-corrected chi connectivity index (χ4v) is 3.58. The van der Waals surface area contributed by atoms with E-state index in [1.54, 1.807) is 0 Å². The Morgan fingerprint density at radius 3 is 2.65 bits per heavy atom. The van der Waals surface area contributed by atoms with Crippen LogP contribution in [0.5, 0.6) is 0 Å². The van der Waals surface area contributed by atoms with Gasteiger partial charge in [0.1, 0.15) is 0 Å². The van der Waals surface area contributed by atoms with Crippen LogP contribution in [0, 0.1) is 5.41 Å². The number of rotatable bonds is 5. The van der Waals surface area contributed by atoms with Crippen LogP contribution in [0.2, 0.25) is 5.02 Å². The summed E-state index contributed by atoms with van der Waals surface area (Å²) in [7, 11) is 0. The molecule has 0 bridgehead atoms. The van der Waals surface area contributed by atoms with E-state index >= 15 is 0 Å². The van der Waals surface area contributed by atoms with Crippen molar-refractivity contribution in [3.63, 3.8) is 0 Å². The number of fused-ring (bicyclic) bond motifs is 1. The van der Waals surface area contributed by atoms with E-state index in [4.69, 9.17) is 11.6 Å². The van der Waals surface area contributed by atoms with Gasteiger partial charge in [-0.05, 0) is 73.0 Å². The quantitative estimate of drug-likeness (QED) is 0.775. The zero-order valence-electron chi connectivity index (χ0n) is 16.2. The number of pyridine rings is 1. The van der Waals surface area contributed by atoms with E-state index in [-0.39, 0.29) is 0 Å². The van der Waals surface area contributed by atoms with Crippen molar-refractivity contribution in [2.75, 3.05) is 18.4 Å². The van der Waals surface area contributed by atoms with Crippen molar-refractivity contribution in [1.82, 2.24) is 10.3 Å². The zero-order valence-corrected chi connectivity index (χ0v) is 16.9. The molecule has 1 aromatic heterocycles. The molecule has 0 radical (unpaired) electrons. The number of nitrogens with one attached hydrogen (secondary N) is 2. The van der Waals surface area contributed by atoms with E-state index < -0.39 is 0 Å². The summed E-state index contributed by atoms with van der Waals surface area (Å²) in [5.41, 5.74) is 6.55. The molecule has 0 amide bonds. The summed E-state index contributed by atoms with van der Waals surface area (Å²) in [6, 6.07) is 8.51. The second kappa shape index (κ2) is 8.41. The fourth-order valence-electron chi connectivity index (χ4n) is 3.34. The lowest BCUT2D eigenvalue weighted by Crippen LogP contribution is -2.16. The van der Waals surface area contributed by atoms with Crippen molar-refractivity contribution in [2.24, 2.45) is 5.41 Å². The minimum atomic E-state index is 0.346. The van der Waals surface area contributed by atoms with Gasteiger partial charge in [-0.15, -0.1) is 0 Å². The van der Waals surface area contributed by atoms with Crippen LogP contribution in [0.4, 0.5) is 5.69 Å². The van der Waals surface area contributed by atoms with Gasteiger partial charge in [0.2, 0.25) is 0 Å². The third kappa shape index (κ3) is 5.21. The topological polar surface area (TPSA) is 37.0 Å². The van der Waals surface area contributed by atoms with Gasteiger partial charge in [0, 0.05) is 18.4 Å². The Hall–Kier alpha value is -1.58. The summed E-state index contributed by atoms with van der Waals surface area (Å²) in [6.45, 7) is 9.60. The number of aromatic nitrogens is 1. The number of benzene rings is 1. The first-order chi connectivity index (χ1) is 12.4.